The molecule has 136 valence electrons. The van der Waals surface area contributed by atoms with E-state index in [0.717, 1.165) is 41.7 Å². The zero-order valence-corrected chi connectivity index (χ0v) is 14.4. The normalized spacial score (nSPS) is 10.9. The quantitative estimate of drug-likeness (QED) is 0.697. The third-order valence-corrected chi connectivity index (χ3v) is 4.04. The highest BCUT2D eigenvalue weighted by atomic mass is 19.1. The van der Waals surface area contributed by atoms with Crippen LogP contribution in [0.3, 0.4) is 0 Å². The lowest BCUT2D eigenvalue weighted by Gasteiger charge is -2.08. The van der Waals surface area contributed by atoms with Crippen LogP contribution >= 0.6 is 0 Å². The summed E-state index contributed by atoms with van der Waals surface area (Å²) in [4.78, 5) is 16.3. The van der Waals surface area contributed by atoms with Gasteiger partial charge in [-0.05, 0) is 42.7 Å². The van der Waals surface area contributed by atoms with Gasteiger partial charge in [0.1, 0.15) is 17.3 Å². The summed E-state index contributed by atoms with van der Waals surface area (Å²) in [7, 11) is 0. The topological polar surface area (TPSA) is 59.0 Å². The lowest BCUT2D eigenvalue weighted by molar-refractivity contribution is 0.252. The van der Waals surface area contributed by atoms with Crippen molar-refractivity contribution < 1.29 is 13.6 Å². The van der Waals surface area contributed by atoms with E-state index < -0.39 is 17.7 Å². The molecule has 2 heterocycles. The van der Waals surface area contributed by atoms with Crippen LogP contribution in [-0.4, -0.2) is 22.1 Å². The van der Waals surface area contributed by atoms with Gasteiger partial charge < -0.3 is 15.2 Å². The van der Waals surface area contributed by atoms with Crippen molar-refractivity contribution in [3.63, 3.8) is 0 Å². The molecule has 0 unspecified atom stereocenters. The van der Waals surface area contributed by atoms with Gasteiger partial charge in [-0.25, -0.2) is 18.6 Å². The van der Waals surface area contributed by atoms with Crippen LogP contribution in [-0.2, 0) is 13.0 Å². The van der Waals surface area contributed by atoms with E-state index in [-0.39, 0.29) is 5.69 Å². The van der Waals surface area contributed by atoms with Gasteiger partial charge >= 0.3 is 6.03 Å². The molecule has 26 heavy (non-hydrogen) atoms. The lowest BCUT2D eigenvalue weighted by Crippen LogP contribution is -2.30. The van der Waals surface area contributed by atoms with Gasteiger partial charge in [-0.3, -0.25) is 0 Å². The van der Waals surface area contributed by atoms with Crippen molar-refractivity contribution in [3.8, 4) is 0 Å². The molecule has 0 aliphatic rings. The number of hydrogen-bond acceptors (Lipinski definition) is 2. The first kappa shape index (κ1) is 17.8. The number of pyridine rings is 1. The summed E-state index contributed by atoms with van der Waals surface area (Å²) in [6.07, 6.45) is 5.45. The standard InChI is InChI=1S/C19H20F2N4O/c1-2-10-25-12-13(15-4-3-8-22-18(15)25)7-9-23-19(26)24-17-6-5-14(20)11-16(17)21/h3-6,8,11-12H,2,7,9-10H2,1H3,(H2,23,24,26). The van der Waals surface area contributed by atoms with Crippen LogP contribution in [0, 0.1) is 11.6 Å². The van der Waals surface area contributed by atoms with E-state index in [4.69, 9.17) is 0 Å². The van der Waals surface area contributed by atoms with E-state index in [9.17, 15) is 13.6 Å². The number of fused-ring (bicyclic) bond motifs is 1. The molecular weight excluding hydrogens is 338 g/mol. The number of hydrogen-bond donors (Lipinski definition) is 2. The summed E-state index contributed by atoms with van der Waals surface area (Å²) in [5.74, 6) is -1.50. The molecule has 0 spiro atoms. The van der Waals surface area contributed by atoms with Gasteiger partial charge in [-0.15, -0.1) is 0 Å². The molecule has 2 aromatic heterocycles. The molecule has 0 aliphatic heterocycles. The smallest absolute Gasteiger partial charge is 0.319 e. The van der Waals surface area contributed by atoms with Gasteiger partial charge in [0.05, 0.1) is 5.69 Å². The highest BCUT2D eigenvalue weighted by Gasteiger charge is 2.10. The lowest BCUT2D eigenvalue weighted by atomic mass is 10.1. The molecule has 3 rings (SSSR count). The van der Waals surface area contributed by atoms with Crippen molar-refractivity contribution in [2.75, 3.05) is 11.9 Å². The minimum atomic E-state index is -0.811. The number of urea groups is 1. The summed E-state index contributed by atoms with van der Waals surface area (Å²) < 4.78 is 28.5. The maximum Gasteiger partial charge on any atom is 0.319 e. The summed E-state index contributed by atoms with van der Waals surface area (Å²) in [6, 6.07) is 6.37. The van der Waals surface area contributed by atoms with Crippen molar-refractivity contribution in [3.05, 3.63) is 59.9 Å². The maximum absolute atomic E-state index is 13.6. The number of amides is 2. The predicted octanol–water partition coefficient (Wildman–Crippen LogP) is 4.09. The van der Waals surface area contributed by atoms with Crippen LogP contribution in [0.5, 0.6) is 0 Å². The first-order valence-electron chi connectivity index (χ1n) is 8.51. The van der Waals surface area contributed by atoms with E-state index in [2.05, 4.69) is 33.3 Å². The van der Waals surface area contributed by atoms with Crippen LogP contribution in [0.2, 0.25) is 0 Å². The van der Waals surface area contributed by atoms with Crippen LogP contribution in [0.15, 0.2) is 42.7 Å². The van der Waals surface area contributed by atoms with E-state index in [0.29, 0.717) is 13.0 Å². The number of nitrogens with one attached hydrogen (secondary N) is 2. The molecule has 0 aliphatic carbocycles. The van der Waals surface area contributed by atoms with E-state index in [1.165, 1.54) is 6.07 Å². The number of aryl methyl sites for hydroxylation is 1. The summed E-state index contributed by atoms with van der Waals surface area (Å²) in [5, 5.41) is 6.13. The van der Waals surface area contributed by atoms with Crippen LogP contribution < -0.4 is 10.6 Å². The van der Waals surface area contributed by atoms with Gasteiger partial charge in [0, 0.05) is 36.9 Å². The zero-order chi connectivity index (χ0) is 18.5. The molecule has 0 fully saturated rings. The second-order valence-corrected chi connectivity index (χ2v) is 5.98. The van der Waals surface area contributed by atoms with Crippen molar-refractivity contribution in [1.82, 2.24) is 14.9 Å². The number of aromatic nitrogens is 2. The van der Waals surface area contributed by atoms with Crippen LogP contribution in [0.1, 0.15) is 18.9 Å². The fourth-order valence-corrected chi connectivity index (χ4v) is 2.87. The summed E-state index contributed by atoms with van der Waals surface area (Å²) in [6.45, 7) is 3.37. The second kappa shape index (κ2) is 7.95. The molecule has 1 aromatic carbocycles. The molecule has 5 nitrogen and oxygen atoms in total. The number of carbonyl (C=O) groups is 1. The molecule has 2 amide bonds. The van der Waals surface area contributed by atoms with Gasteiger partial charge in [-0.2, -0.15) is 0 Å². The fraction of sp³-hybridized carbons (Fsp3) is 0.263. The average Bonchev–Trinajstić information content (AvgIpc) is 2.96. The van der Waals surface area contributed by atoms with Crippen LogP contribution in [0.4, 0.5) is 19.3 Å². The Kier molecular flexibility index (Phi) is 5.46. The maximum atomic E-state index is 13.6. The molecular formula is C19H20F2N4O. The number of benzene rings is 1. The molecule has 7 heteroatoms. The Balaban J connectivity index is 1.61. The van der Waals surface area contributed by atoms with Crippen molar-refractivity contribution in [1.29, 1.82) is 0 Å². The van der Waals surface area contributed by atoms with Crippen molar-refractivity contribution >= 4 is 22.8 Å². The Morgan fingerprint density at radius 1 is 1.27 bits per heavy atom. The Labute approximate surface area is 150 Å². The van der Waals surface area contributed by atoms with Crippen molar-refractivity contribution in [2.24, 2.45) is 0 Å². The molecule has 0 atom stereocenters. The Hall–Kier alpha value is -2.96. The third-order valence-electron chi connectivity index (χ3n) is 4.04. The average molecular weight is 358 g/mol. The van der Waals surface area contributed by atoms with E-state index in [1.807, 2.05) is 12.1 Å². The molecule has 0 saturated heterocycles. The number of nitrogens with zero attached hydrogens (tertiary/aromatic N) is 2. The first-order valence-corrected chi connectivity index (χ1v) is 8.51. The van der Waals surface area contributed by atoms with Crippen LogP contribution in [0.25, 0.3) is 11.0 Å². The van der Waals surface area contributed by atoms with Gasteiger partial charge in [-0.1, -0.05) is 6.92 Å². The molecule has 0 saturated carbocycles. The largest absolute Gasteiger partial charge is 0.338 e. The highest BCUT2D eigenvalue weighted by molar-refractivity contribution is 5.89. The van der Waals surface area contributed by atoms with E-state index in [1.54, 1.807) is 6.20 Å². The molecule has 0 bridgehead atoms. The van der Waals surface area contributed by atoms with Gasteiger partial charge in [0.2, 0.25) is 0 Å². The predicted molar refractivity (Wildman–Crippen MR) is 97.1 cm³/mol. The third kappa shape index (κ3) is 3.99. The number of rotatable bonds is 6. The van der Waals surface area contributed by atoms with E-state index >= 15 is 0 Å². The summed E-state index contributed by atoms with van der Waals surface area (Å²) >= 11 is 0. The Bertz CT molecular complexity index is 923. The zero-order valence-electron chi connectivity index (χ0n) is 14.4. The molecule has 0 radical (unpaired) electrons. The number of carbonyl (C=O) groups excluding carboxylic acids is 1. The van der Waals surface area contributed by atoms with Crippen molar-refractivity contribution in [2.45, 2.75) is 26.3 Å². The van der Waals surface area contributed by atoms with Gasteiger partial charge in [0.25, 0.3) is 0 Å². The minimum Gasteiger partial charge on any atom is -0.338 e. The Morgan fingerprint density at radius 3 is 2.88 bits per heavy atom. The van der Waals surface area contributed by atoms with Gasteiger partial charge in [0.15, 0.2) is 0 Å². The highest BCUT2D eigenvalue weighted by Crippen LogP contribution is 2.20. The monoisotopic (exact) mass is 358 g/mol. The fourth-order valence-electron chi connectivity index (χ4n) is 2.87. The SMILES string of the molecule is CCCn1cc(CCNC(=O)Nc2ccc(F)cc2F)c2cccnc21. The number of halogens is 2. The second-order valence-electron chi connectivity index (χ2n) is 5.98. The molecule has 3 aromatic rings. The summed E-state index contributed by atoms with van der Waals surface area (Å²) in [5.41, 5.74) is 1.96. The number of anilines is 1. The Morgan fingerprint density at radius 2 is 2.12 bits per heavy atom. The molecule has 2 N–H and O–H groups in total. The first-order chi connectivity index (χ1) is 12.6. The minimum absolute atomic E-state index is 0.0624.